The van der Waals surface area contributed by atoms with E-state index in [-0.39, 0.29) is 19.5 Å². The molecule has 92 valence electrons. The number of nitrogens with zero attached hydrogens (tertiary/aromatic N) is 2. The minimum atomic E-state index is -4.55. The summed E-state index contributed by atoms with van der Waals surface area (Å²) in [7, 11) is 0. The molecule has 1 atom stereocenters. The van der Waals surface area contributed by atoms with Gasteiger partial charge in [-0.2, -0.15) is 18.4 Å². The number of alkyl halides is 3. The number of likely N-dealkylation sites (tertiary alicyclic amines) is 1. The molecule has 0 amide bonds. The van der Waals surface area contributed by atoms with Crippen molar-refractivity contribution in [2.75, 3.05) is 19.6 Å². The maximum absolute atomic E-state index is 12.4. The third-order valence-corrected chi connectivity index (χ3v) is 2.87. The molecule has 0 aromatic rings. The number of aliphatic hydroxyl groups is 1. The number of rotatable bonds is 4. The Morgan fingerprint density at radius 3 is 2.56 bits per heavy atom. The zero-order valence-electron chi connectivity index (χ0n) is 8.93. The van der Waals surface area contributed by atoms with Gasteiger partial charge in [-0.25, -0.2) is 0 Å². The maximum atomic E-state index is 12.4. The monoisotopic (exact) mass is 236 g/mol. The Kier molecular flexibility index (Phi) is 4.16. The van der Waals surface area contributed by atoms with E-state index in [0.29, 0.717) is 25.8 Å². The van der Waals surface area contributed by atoms with E-state index in [2.05, 4.69) is 0 Å². The van der Waals surface area contributed by atoms with E-state index in [1.165, 1.54) is 0 Å². The zero-order chi connectivity index (χ0) is 12.2. The van der Waals surface area contributed by atoms with E-state index in [1.807, 2.05) is 6.07 Å². The highest BCUT2D eigenvalue weighted by atomic mass is 19.4. The van der Waals surface area contributed by atoms with Crippen LogP contribution in [-0.4, -0.2) is 41.4 Å². The van der Waals surface area contributed by atoms with Gasteiger partial charge in [0.25, 0.3) is 0 Å². The highest BCUT2D eigenvalue weighted by Gasteiger charge is 2.56. The normalized spacial score (nSPS) is 26.9. The minimum Gasteiger partial charge on any atom is -0.379 e. The molecule has 3 nitrogen and oxygen atoms in total. The van der Waals surface area contributed by atoms with E-state index in [1.54, 1.807) is 4.90 Å². The number of hydrogen-bond donors (Lipinski definition) is 1. The second-order valence-electron chi connectivity index (χ2n) is 4.17. The van der Waals surface area contributed by atoms with Crippen LogP contribution >= 0.6 is 0 Å². The van der Waals surface area contributed by atoms with E-state index < -0.39 is 11.8 Å². The average molecular weight is 236 g/mol. The molecule has 1 N–H and O–H groups in total. The van der Waals surface area contributed by atoms with Gasteiger partial charge >= 0.3 is 6.18 Å². The average Bonchev–Trinajstić information content (AvgIpc) is 2.56. The van der Waals surface area contributed by atoms with Crippen molar-refractivity contribution in [3.8, 4) is 6.07 Å². The summed E-state index contributed by atoms with van der Waals surface area (Å²) in [5.41, 5.74) is -2.54. The lowest BCUT2D eigenvalue weighted by molar-refractivity contribution is -0.253. The molecular weight excluding hydrogens is 221 g/mol. The Balaban J connectivity index is 2.33. The van der Waals surface area contributed by atoms with Gasteiger partial charge in [-0.15, -0.1) is 0 Å². The number of unbranched alkanes of at least 4 members (excludes halogenated alkanes) is 2. The van der Waals surface area contributed by atoms with Gasteiger partial charge in [-0.1, -0.05) is 0 Å². The third kappa shape index (κ3) is 3.09. The SMILES string of the molecule is N#CCCCCN1CC[C@](O)(C(F)(F)F)C1. The van der Waals surface area contributed by atoms with Crippen LogP contribution < -0.4 is 0 Å². The second kappa shape index (κ2) is 5.02. The summed E-state index contributed by atoms with van der Waals surface area (Å²) in [4.78, 5) is 1.60. The lowest BCUT2D eigenvalue weighted by Crippen LogP contribution is -2.47. The fourth-order valence-corrected chi connectivity index (χ4v) is 1.83. The van der Waals surface area contributed by atoms with Crippen molar-refractivity contribution in [2.24, 2.45) is 0 Å². The molecule has 1 saturated heterocycles. The first-order valence-electron chi connectivity index (χ1n) is 5.27. The van der Waals surface area contributed by atoms with E-state index >= 15 is 0 Å². The third-order valence-electron chi connectivity index (χ3n) is 2.87. The van der Waals surface area contributed by atoms with Crippen LogP contribution in [0, 0.1) is 11.3 Å². The quantitative estimate of drug-likeness (QED) is 0.755. The Bertz CT molecular complexity index is 274. The van der Waals surface area contributed by atoms with Crippen molar-refractivity contribution in [3.63, 3.8) is 0 Å². The molecule has 1 fully saturated rings. The smallest absolute Gasteiger partial charge is 0.379 e. The summed E-state index contributed by atoms with van der Waals surface area (Å²) in [5.74, 6) is 0. The van der Waals surface area contributed by atoms with Gasteiger partial charge in [0.15, 0.2) is 5.60 Å². The van der Waals surface area contributed by atoms with Crippen LogP contribution in [0.15, 0.2) is 0 Å². The van der Waals surface area contributed by atoms with Gasteiger partial charge in [0.05, 0.1) is 6.07 Å². The summed E-state index contributed by atoms with van der Waals surface area (Å²) in [6.07, 6.45) is -2.99. The van der Waals surface area contributed by atoms with Gasteiger partial charge in [0.2, 0.25) is 0 Å². The molecule has 0 saturated carbocycles. The lowest BCUT2D eigenvalue weighted by atomic mass is 10.0. The Morgan fingerprint density at radius 2 is 2.06 bits per heavy atom. The summed E-state index contributed by atoms with van der Waals surface area (Å²) in [6, 6.07) is 1.99. The van der Waals surface area contributed by atoms with Crippen molar-refractivity contribution >= 4 is 0 Å². The van der Waals surface area contributed by atoms with Crippen molar-refractivity contribution in [1.29, 1.82) is 5.26 Å². The van der Waals surface area contributed by atoms with Gasteiger partial charge in [0, 0.05) is 19.5 Å². The fourth-order valence-electron chi connectivity index (χ4n) is 1.83. The van der Waals surface area contributed by atoms with Gasteiger partial charge in [0.1, 0.15) is 0 Å². The number of β-amino-alcohol motifs (C(OH)–C–C–N with tert-alkyl or cyclic N) is 1. The Hall–Kier alpha value is -0.800. The zero-order valence-corrected chi connectivity index (χ0v) is 8.93. The summed E-state index contributed by atoms with van der Waals surface area (Å²) < 4.78 is 37.3. The predicted octanol–water partition coefficient (Wildman–Crippen LogP) is 1.68. The standard InChI is InChI=1S/C10H15F3N2O/c11-10(12,13)9(16)4-7-15(8-9)6-3-1-2-5-14/h16H,1-4,6-8H2/t9-/m1/s1. The van der Waals surface area contributed by atoms with Crippen molar-refractivity contribution in [2.45, 2.75) is 37.5 Å². The van der Waals surface area contributed by atoms with Crippen molar-refractivity contribution in [3.05, 3.63) is 0 Å². The molecule has 0 aliphatic carbocycles. The van der Waals surface area contributed by atoms with Crippen LogP contribution in [0.1, 0.15) is 25.7 Å². The largest absolute Gasteiger partial charge is 0.418 e. The van der Waals surface area contributed by atoms with Crippen molar-refractivity contribution in [1.82, 2.24) is 4.90 Å². The highest BCUT2D eigenvalue weighted by Crippen LogP contribution is 2.37. The van der Waals surface area contributed by atoms with Crippen LogP contribution in [0.3, 0.4) is 0 Å². The van der Waals surface area contributed by atoms with E-state index in [0.717, 1.165) is 0 Å². The molecule has 6 heteroatoms. The Labute approximate surface area is 92.5 Å². The number of halogens is 3. The second-order valence-corrected chi connectivity index (χ2v) is 4.17. The molecule has 0 unspecified atom stereocenters. The Morgan fingerprint density at radius 1 is 1.38 bits per heavy atom. The molecule has 1 heterocycles. The topological polar surface area (TPSA) is 47.3 Å². The van der Waals surface area contributed by atoms with Crippen LogP contribution in [0.2, 0.25) is 0 Å². The van der Waals surface area contributed by atoms with E-state index in [9.17, 15) is 18.3 Å². The first kappa shape index (κ1) is 13.3. The fraction of sp³-hybridized carbons (Fsp3) is 0.900. The molecule has 0 aromatic carbocycles. The first-order valence-corrected chi connectivity index (χ1v) is 5.27. The van der Waals surface area contributed by atoms with Crippen LogP contribution in [0.5, 0.6) is 0 Å². The molecule has 1 aliphatic rings. The summed E-state index contributed by atoms with van der Waals surface area (Å²) >= 11 is 0. The molecule has 0 spiro atoms. The van der Waals surface area contributed by atoms with Crippen LogP contribution in [0.25, 0.3) is 0 Å². The van der Waals surface area contributed by atoms with Gasteiger partial charge < -0.3 is 10.0 Å². The summed E-state index contributed by atoms with van der Waals surface area (Å²) in [5, 5.41) is 17.7. The molecular formula is C10H15F3N2O. The number of hydrogen-bond acceptors (Lipinski definition) is 3. The molecule has 0 bridgehead atoms. The van der Waals surface area contributed by atoms with Crippen LogP contribution in [-0.2, 0) is 0 Å². The van der Waals surface area contributed by atoms with Crippen LogP contribution in [0.4, 0.5) is 13.2 Å². The summed E-state index contributed by atoms with van der Waals surface area (Å²) in [6.45, 7) is 0.436. The maximum Gasteiger partial charge on any atom is 0.418 e. The molecule has 1 aliphatic heterocycles. The molecule has 1 rings (SSSR count). The highest BCUT2D eigenvalue weighted by molar-refractivity contribution is 4.95. The molecule has 0 aromatic heterocycles. The van der Waals surface area contributed by atoms with Gasteiger partial charge in [-0.3, -0.25) is 0 Å². The molecule has 16 heavy (non-hydrogen) atoms. The number of nitriles is 1. The first-order chi connectivity index (χ1) is 7.39. The van der Waals surface area contributed by atoms with Crippen molar-refractivity contribution < 1.29 is 18.3 Å². The molecule has 0 radical (unpaired) electrons. The van der Waals surface area contributed by atoms with E-state index in [4.69, 9.17) is 5.26 Å². The minimum absolute atomic E-state index is 0.255. The lowest BCUT2D eigenvalue weighted by Gasteiger charge is -2.26. The van der Waals surface area contributed by atoms with Gasteiger partial charge in [-0.05, 0) is 25.8 Å². The predicted molar refractivity (Wildman–Crippen MR) is 51.5 cm³/mol.